The number of hydrogen-bond acceptors (Lipinski definition) is 4. The van der Waals surface area contributed by atoms with Crippen LogP contribution < -0.4 is 15.1 Å². The Labute approximate surface area is 209 Å². The van der Waals surface area contributed by atoms with Gasteiger partial charge < -0.3 is 5.32 Å². The summed E-state index contributed by atoms with van der Waals surface area (Å²) in [6, 6.07) is 19.1. The van der Waals surface area contributed by atoms with E-state index in [4.69, 9.17) is 0 Å². The van der Waals surface area contributed by atoms with E-state index in [0.29, 0.717) is 11.4 Å². The number of amides is 3. The van der Waals surface area contributed by atoms with Gasteiger partial charge >= 0.3 is 0 Å². The molecule has 0 saturated carbocycles. The van der Waals surface area contributed by atoms with E-state index < -0.39 is 4.87 Å². The summed E-state index contributed by atoms with van der Waals surface area (Å²) in [5, 5.41) is 2.95. The number of nitrogens with one attached hydrogen (secondary N) is 1. The highest BCUT2D eigenvalue weighted by atomic mass is 32.2. The van der Waals surface area contributed by atoms with Crippen LogP contribution in [0.5, 0.6) is 0 Å². The lowest BCUT2D eigenvalue weighted by atomic mass is 10.0. The van der Waals surface area contributed by atoms with E-state index in [2.05, 4.69) is 5.32 Å². The van der Waals surface area contributed by atoms with E-state index in [-0.39, 0.29) is 30.0 Å². The third-order valence-corrected chi connectivity index (χ3v) is 8.17. The summed E-state index contributed by atoms with van der Waals surface area (Å²) in [4.78, 5) is 42.3. The lowest BCUT2D eigenvalue weighted by Gasteiger charge is -2.33. The molecule has 5 rings (SSSR count). The fourth-order valence-electron chi connectivity index (χ4n) is 4.78. The zero-order valence-corrected chi connectivity index (χ0v) is 21.0. The first kappa shape index (κ1) is 23.2. The average molecular weight is 486 g/mol. The van der Waals surface area contributed by atoms with Crippen molar-refractivity contribution >= 4 is 46.5 Å². The van der Waals surface area contributed by atoms with Crippen molar-refractivity contribution in [1.29, 1.82) is 0 Å². The summed E-state index contributed by atoms with van der Waals surface area (Å²) in [7, 11) is 0. The molecule has 1 saturated heterocycles. The number of benzene rings is 3. The van der Waals surface area contributed by atoms with Crippen LogP contribution >= 0.6 is 11.8 Å². The molecular weight excluding hydrogens is 458 g/mol. The molecule has 178 valence electrons. The van der Waals surface area contributed by atoms with Gasteiger partial charge in [0.05, 0.1) is 11.4 Å². The number of fused-ring (bicyclic) bond motifs is 2. The fourth-order valence-corrected chi connectivity index (χ4v) is 6.14. The van der Waals surface area contributed by atoms with Crippen LogP contribution in [0.2, 0.25) is 0 Å². The minimum atomic E-state index is -1.23. The van der Waals surface area contributed by atoms with Crippen molar-refractivity contribution in [2.45, 2.75) is 32.6 Å². The summed E-state index contributed by atoms with van der Waals surface area (Å²) in [5.41, 5.74) is 6.96. The molecule has 2 aliphatic heterocycles. The van der Waals surface area contributed by atoms with Crippen LogP contribution in [-0.2, 0) is 19.3 Å². The molecule has 1 N–H and O–H groups in total. The van der Waals surface area contributed by atoms with Crippen molar-refractivity contribution in [3.8, 4) is 0 Å². The standard InChI is InChI=1S/C28H27N3O3S/c1-17-9-10-19(3)23(13-17)29-25(32)15-30-24-8-6-5-7-22(24)28(27(30)34)31(26(33)16-35-28)21-12-11-18(2)20(4)14-21/h5-14H,15-16H2,1-4H3,(H,29,32). The van der Waals surface area contributed by atoms with E-state index in [0.717, 1.165) is 33.5 Å². The summed E-state index contributed by atoms with van der Waals surface area (Å²) in [6.07, 6.45) is 0. The number of carbonyl (C=O) groups excluding carboxylic acids is 3. The normalized spacial score (nSPS) is 19.0. The second-order valence-corrected chi connectivity index (χ2v) is 10.4. The van der Waals surface area contributed by atoms with Crippen molar-refractivity contribution < 1.29 is 14.4 Å². The second-order valence-electron chi connectivity index (χ2n) is 9.21. The quantitative estimate of drug-likeness (QED) is 0.574. The van der Waals surface area contributed by atoms with E-state index >= 15 is 0 Å². The van der Waals surface area contributed by atoms with E-state index in [9.17, 15) is 14.4 Å². The van der Waals surface area contributed by atoms with E-state index in [1.807, 2.05) is 88.4 Å². The molecular formula is C28H27N3O3S. The number of thioether (sulfide) groups is 1. The Morgan fingerprint density at radius 3 is 2.46 bits per heavy atom. The number of rotatable bonds is 4. The second kappa shape index (κ2) is 8.57. The van der Waals surface area contributed by atoms with Crippen LogP contribution in [0.4, 0.5) is 17.1 Å². The number of hydrogen-bond donors (Lipinski definition) is 1. The first-order valence-electron chi connectivity index (χ1n) is 11.5. The zero-order chi connectivity index (χ0) is 24.9. The average Bonchev–Trinajstić information content (AvgIpc) is 3.29. The van der Waals surface area contributed by atoms with Crippen LogP contribution in [-0.4, -0.2) is 30.0 Å². The first-order valence-corrected chi connectivity index (χ1v) is 12.5. The maximum absolute atomic E-state index is 14.1. The Bertz CT molecular complexity index is 1390. The molecule has 7 heteroatoms. The first-order chi connectivity index (χ1) is 16.7. The molecule has 1 unspecified atom stereocenters. The van der Waals surface area contributed by atoms with Crippen molar-refractivity contribution in [2.24, 2.45) is 0 Å². The van der Waals surface area contributed by atoms with Gasteiger partial charge in [0.15, 0.2) is 0 Å². The Balaban J connectivity index is 1.52. The number of aryl methyl sites for hydroxylation is 4. The van der Waals surface area contributed by atoms with E-state index in [1.165, 1.54) is 16.7 Å². The maximum Gasteiger partial charge on any atom is 0.269 e. The Hall–Kier alpha value is -3.58. The predicted molar refractivity (Wildman–Crippen MR) is 141 cm³/mol. The van der Waals surface area contributed by atoms with Crippen LogP contribution in [0.25, 0.3) is 0 Å². The smallest absolute Gasteiger partial charge is 0.269 e. The SMILES string of the molecule is Cc1ccc(C)c(NC(=O)CN2C(=O)C3(SCC(=O)N3c3ccc(C)c(C)c3)c3ccccc32)c1. The van der Waals surface area contributed by atoms with Gasteiger partial charge in [0.1, 0.15) is 6.54 Å². The minimum absolute atomic E-state index is 0.122. The molecule has 0 aromatic heterocycles. The number of para-hydroxylation sites is 1. The highest BCUT2D eigenvalue weighted by molar-refractivity contribution is 8.02. The van der Waals surface area contributed by atoms with Gasteiger partial charge in [-0.2, -0.15) is 0 Å². The molecule has 2 heterocycles. The highest BCUT2D eigenvalue weighted by Crippen LogP contribution is 2.55. The molecule has 0 bridgehead atoms. The molecule has 1 atom stereocenters. The van der Waals surface area contributed by atoms with Gasteiger partial charge in [-0.25, -0.2) is 0 Å². The Morgan fingerprint density at radius 1 is 0.943 bits per heavy atom. The molecule has 2 aliphatic rings. The van der Waals surface area contributed by atoms with Crippen LogP contribution in [0, 0.1) is 27.7 Å². The zero-order valence-electron chi connectivity index (χ0n) is 20.2. The molecule has 6 nitrogen and oxygen atoms in total. The van der Waals surface area contributed by atoms with Gasteiger partial charge in [0.25, 0.3) is 5.91 Å². The van der Waals surface area contributed by atoms with Crippen LogP contribution in [0.15, 0.2) is 60.7 Å². The van der Waals surface area contributed by atoms with Crippen molar-refractivity contribution in [3.63, 3.8) is 0 Å². The van der Waals surface area contributed by atoms with Crippen molar-refractivity contribution in [2.75, 3.05) is 27.4 Å². The van der Waals surface area contributed by atoms with Gasteiger partial charge in [-0.05, 0) is 74.2 Å². The highest BCUT2D eigenvalue weighted by Gasteiger charge is 2.61. The molecule has 1 spiro atoms. The van der Waals surface area contributed by atoms with Crippen molar-refractivity contribution in [3.05, 3.63) is 88.5 Å². The van der Waals surface area contributed by atoms with Gasteiger partial charge in [0.2, 0.25) is 16.7 Å². The Morgan fingerprint density at radius 2 is 1.69 bits per heavy atom. The van der Waals surface area contributed by atoms with Gasteiger partial charge in [-0.15, -0.1) is 11.8 Å². The largest absolute Gasteiger partial charge is 0.324 e. The number of carbonyl (C=O) groups is 3. The monoisotopic (exact) mass is 485 g/mol. The molecule has 0 aliphatic carbocycles. The maximum atomic E-state index is 14.1. The summed E-state index contributed by atoms with van der Waals surface area (Å²) >= 11 is 1.32. The summed E-state index contributed by atoms with van der Waals surface area (Å²) in [5.74, 6) is -0.492. The van der Waals surface area contributed by atoms with Crippen LogP contribution in [0.3, 0.4) is 0 Å². The van der Waals surface area contributed by atoms with E-state index in [1.54, 1.807) is 4.90 Å². The van der Waals surface area contributed by atoms with Gasteiger partial charge in [-0.3, -0.25) is 24.2 Å². The topological polar surface area (TPSA) is 69.7 Å². The third-order valence-electron chi connectivity index (χ3n) is 6.78. The molecule has 1 fully saturated rings. The molecule has 3 amide bonds. The molecule has 3 aromatic rings. The predicted octanol–water partition coefficient (Wildman–Crippen LogP) is 4.84. The Kier molecular flexibility index (Phi) is 5.68. The molecule has 35 heavy (non-hydrogen) atoms. The van der Waals surface area contributed by atoms with Crippen LogP contribution in [0.1, 0.15) is 27.8 Å². The van der Waals surface area contributed by atoms with Crippen molar-refractivity contribution in [1.82, 2.24) is 0 Å². The fraction of sp³-hybridized carbons (Fsp3) is 0.250. The van der Waals surface area contributed by atoms with Gasteiger partial charge in [0, 0.05) is 16.9 Å². The summed E-state index contributed by atoms with van der Waals surface area (Å²) in [6.45, 7) is 7.77. The third kappa shape index (κ3) is 3.71. The number of nitrogens with zero attached hydrogens (tertiary/aromatic N) is 2. The minimum Gasteiger partial charge on any atom is -0.324 e. The molecule has 3 aromatic carbocycles. The number of anilines is 3. The summed E-state index contributed by atoms with van der Waals surface area (Å²) < 4.78 is 0. The lowest BCUT2D eigenvalue weighted by molar-refractivity contribution is -0.124. The van der Waals surface area contributed by atoms with Gasteiger partial charge in [-0.1, -0.05) is 36.4 Å². The lowest BCUT2D eigenvalue weighted by Crippen LogP contribution is -2.51. The molecule has 0 radical (unpaired) electrons.